The summed E-state index contributed by atoms with van der Waals surface area (Å²) in [6.07, 6.45) is 3.49. The van der Waals surface area contributed by atoms with Crippen LogP contribution in [0, 0.1) is 0 Å². The van der Waals surface area contributed by atoms with Gasteiger partial charge in [0.15, 0.2) is 6.61 Å². The molecule has 0 aliphatic heterocycles. The fourth-order valence-electron chi connectivity index (χ4n) is 2.48. The number of rotatable bonds is 4. The molecule has 0 saturated heterocycles. The SMILES string of the molecule is O[C@@H]1CCCC[C@H]1n1nnc(COc2ccccc2)n1. The van der Waals surface area contributed by atoms with Gasteiger partial charge in [0.2, 0.25) is 5.82 Å². The summed E-state index contributed by atoms with van der Waals surface area (Å²) in [4.78, 5) is 1.54. The Hall–Kier alpha value is -1.95. The topological polar surface area (TPSA) is 73.1 Å². The third kappa shape index (κ3) is 2.96. The van der Waals surface area contributed by atoms with Crippen LogP contribution in [-0.2, 0) is 6.61 Å². The molecule has 1 aliphatic carbocycles. The highest BCUT2D eigenvalue weighted by molar-refractivity contribution is 5.20. The summed E-state index contributed by atoms with van der Waals surface area (Å²) in [5.74, 6) is 1.31. The molecule has 1 fully saturated rings. The molecule has 2 atom stereocenters. The lowest BCUT2D eigenvalue weighted by Crippen LogP contribution is -2.29. The smallest absolute Gasteiger partial charge is 0.212 e. The van der Waals surface area contributed by atoms with Gasteiger partial charge in [-0.05, 0) is 30.2 Å². The van der Waals surface area contributed by atoms with Gasteiger partial charge in [0, 0.05) is 0 Å². The quantitative estimate of drug-likeness (QED) is 0.919. The molecular weight excluding hydrogens is 256 g/mol. The largest absolute Gasteiger partial charge is 0.485 e. The molecule has 6 heteroatoms. The van der Waals surface area contributed by atoms with E-state index in [1.54, 1.807) is 0 Å². The average molecular weight is 274 g/mol. The molecule has 0 spiro atoms. The van der Waals surface area contributed by atoms with Crippen molar-refractivity contribution in [3.8, 4) is 5.75 Å². The molecule has 106 valence electrons. The number of hydrogen-bond acceptors (Lipinski definition) is 5. The Morgan fingerprint density at radius 1 is 1.20 bits per heavy atom. The predicted molar refractivity (Wildman–Crippen MR) is 72.1 cm³/mol. The van der Waals surface area contributed by atoms with E-state index in [2.05, 4.69) is 15.4 Å². The highest BCUT2D eigenvalue weighted by Crippen LogP contribution is 2.27. The number of benzene rings is 1. The van der Waals surface area contributed by atoms with Gasteiger partial charge in [0.05, 0.1) is 12.1 Å². The van der Waals surface area contributed by atoms with Crippen LogP contribution < -0.4 is 4.74 Å². The number of nitrogens with zero attached hydrogens (tertiary/aromatic N) is 4. The van der Waals surface area contributed by atoms with E-state index in [0.717, 1.165) is 31.4 Å². The summed E-state index contributed by atoms with van der Waals surface area (Å²) in [5, 5.41) is 22.3. The fourth-order valence-corrected chi connectivity index (χ4v) is 2.48. The number of para-hydroxylation sites is 1. The van der Waals surface area contributed by atoms with Crippen LogP contribution in [0.3, 0.4) is 0 Å². The van der Waals surface area contributed by atoms with Crippen LogP contribution in [-0.4, -0.2) is 31.4 Å². The Kier molecular flexibility index (Phi) is 3.92. The van der Waals surface area contributed by atoms with Crippen LogP contribution in [0.15, 0.2) is 30.3 Å². The third-order valence-electron chi connectivity index (χ3n) is 3.57. The Morgan fingerprint density at radius 2 is 2.00 bits per heavy atom. The van der Waals surface area contributed by atoms with Gasteiger partial charge in [0.25, 0.3) is 0 Å². The molecule has 0 bridgehead atoms. The Labute approximate surface area is 117 Å². The number of ether oxygens (including phenoxy) is 1. The monoisotopic (exact) mass is 274 g/mol. The fraction of sp³-hybridized carbons (Fsp3) is 0.500. The van der Waals surface area contributed by atoms with E-state index in [-0.39, 0.29) is 18.8 Å². The van der Waals surface area contributed by atoms with Crippen molar-refractivity contribution in [1.82, 2.24) is 20.2 Å². The molecule has 1 aromatic carbocycles. The predicted octanol–water partition coefficient (Wildman–Crippen LogP) is 1.73. The lowest BCUT2D eigenvalue weighted by Gasteiger charge is -2.25. The maximum Gasteiger partial charge on any atom is 0.212 e. The van der Waals surface area contributed by atoms with E-state index in [0.29, 0.717) is 5.82 Å². The van der Waals surface area contributed by atoms with Crippen molar-refractivity contribution < 1.29 is 9.84 Å². The molecule has 1 aliphatic rings. The standard InChI is InChI=1S/C14H18N4O2/c19-13-9-5-4-8-12(13)18-16-14(15-17-18)10-20-11-6-2-1-3-7-11/h1-3,6-7,12-13,19H,4-5,8-10H2/t12-,13-/m1/s1. The van der Waals surface area contributed by atoms with Gasteiger partial charge < -0.3 is 9.84 Å². The molecule has 0 unspecified atom stereocenters. The van der Waals surface area contributed by atoms with Gasteiger partial charge in [-0.15, -0.1) is 10.2 Å². The van der Waals surface area contributed by atoms with Crippen LogP contribution in [0.25, 0.3) is 0 Å². The molecule has 0 amide bonds. The third-order valence-corrected chi connectivity index (χ3v) is 3.57. The first-order valence-electron chi connectivity index (χ1n) is 6.97. The lowest BCUT2D eigenvalue weighted by atomic mass is 9.93. The second-order valence-corrected chi connectivity index (χ2v) is 5.05. The molecule has 1 heterocycles. The van der Waals surface area contributed by atoms with E-state index in [9.17, 15) is 5.11 Å². The second-order valence-electron chi connectivity index (χ2n) is 5.05. The van der Waals surface area contributed by atoms with Gasteiger partial charge in [-0.3, -0.25) is 0 Å². The van der Waals surface area contributed by atoms with Crippen molar-refractivity contribution in [3.63, 3.8) is 0 Å². The minimum Gasteiger partial charge on any atom is -0.485 e. The lowest BCUT2D eigenvalue weighted by molar-refractivity contribution is 0.0610. The van der Waals surface area contributed by atoms with Crippen LogP contribution in [0.2, 0.25) is 0 Å². The van der Waals surface area contributed by atoms with E-state index in [4.69, 9.17) is 4.74 Å². The summed E-state index contributed by atoms with van der Waals surface area (Å²) in [7, 11) is 0. The summed E-state index contributed by atoms with van der Waals surface area (Å²) >= 11 is 0. The van der Waals surface area contributed by atoms with E-state index in [1.807, 2.05) is 30.3 Å². The first kappa shape index (κ1) is 13.1. The van der Waals surface area contributed by atoms with Crippen molar-refractivity contribution in [3.05, 3.63) is 36.2 Å². The van der Waals surface area contributed by atoms with Crippen molar-refractivity contribution in [2.75, 3.05) is 0 Å². The summed E-state index contributed by atoms with van der Waals surface area (Å²) < 4.78 is 5.58. The Morgan fingerprint density at radius 3 is 2.80 bits per heavy atom. The molecule has 1 saturated carbocycles. The van der Waals surface area contributed by atoms with Gasteiger partial charge in [-0.2, -0.15) is 4.80 Å². The van der Waals surface area contributed by atoms with Crippen molar-refractivity contribution in [2.45, 2.75) is 44.4 Å². The van der Waals surface area contributed by atoms with E-state index in [1.165, 1.54) is 4.80 Å². The first-order valence-corrected chi connectivity index (χ1v) is 6.97. The molecule has 2 aromatic rings. The van der Waals surface area contributed by atoms with Gasteiger partial charge in [0.1, 0.15) is 5.75 Å². The zero-order valence-corrected chi connectivity index (χ0v) is 11.2. The van der Waals surface area contributed by atoms with Crippen molar-refractivity contribution >= 4 is 0 Å². The van der Waals surface area contributed by atoms with Gasteiger partial charge >= 0.3 is 0 Å². The van der Waals surface area contributed by atoms with Crippen LogP contribution >= 0.6 is 0 Å². The van der Waals surface area contributed by atoms with Crippen LogP contribution in [0.4, 0.5) is 0 Å². The van der Waals surface area contributed by atoms with Gasteiger partial charge in [-0.1, -0.05) is 31.0 Å². The van der Waals surface area contributed by atoms with E-state index < -0.39 is 0 Å². The number of aliphatic hydroxyl groups excluding tert-OH is 1. The molecular formula is C14H18N4O2. The maximum absolute atomic E-state index is 9.98. The molecule has 3 rings (SSSR count). The summed E-state index contributed by atoms with van der Waals surface area (Å²) in [6, 6.07) is 9.48. The second kappa shape index (κ2) is 6.00. The number of aliphatic hydroxyl groups is 1. The van der Waals surface area contributed by atoms with Crippen LogP contribution in [0.1, 0.15) is 37.5 Å². The average Bonchev–Trinajstić information content (AvgIpc) is 2.95. The molecule has 1 aromatic heterocycles. The van der Waals surface area contributed by atoms with Crippen molar-refractivity contribution in [2.24, 2.45) is 0 Å². The molecule has 20 heavy (non-hydrogen) atoms. The minimum atomic E-state index is -0.374. The number of aromatic nitrogens is 4. The number of hydrogen-bond donors (Lipinski definition) is 1. The molecule has 6 nitrogen and oxygen atoms in total. The minimum absolute atomic E-state index is 0.0540. The zero-order chi connectivity index (χ0) is 13.8. The van der Waals surface area contributed by atoms with E-state index >= 15 is 0 Å². The molecule has 1 N–H and O–H groups in total. The maximum atomic E-state index is 9.98. The van der Waals surface area contributed by atoms with Crippen LogP contribution in [0.5, 0.6) is 5.75 Å². The summed E-state index contributed by atoms with van der Waals surface area (Å²) in [5.41, 5.74) is 0. The van der Waals surface area contributed by atoms with Gasteiger partial charge in [-0.25, -0.2) is 0 Å². The summed E-state index contributed by atoms with van der Waals surface area (Å²) in [6.45, 7) is 0.285. The molecule has 0 radical (unpaired) electrons. The Balaban J connectivity index is 1.62. The first-order chi connectivity index (χ1) is 9.83. The number of tetrazole rings is 1. The van der Waals surface area contributed by atoms with Crippen molar-refractivity contribution in [1.29, 1.82) is 0 Å². The normalized spacial score (nSPS) is 22.6. The Bertz CT molecular complexity index is 543. The highest BCUT2D eigenvalue weighted by atomic mass is 16.5. The zero-order valence-electron chi connectivity index (χ0n) is 11.2. The highest BCUT2D eigenvalue weighted by Gasteiger charge is 2.26.